The molecule has 0 spiro atoms. The van der Waals surface area contributed by atoms with Crippen LogP contribution >= 0.6 is 11.3 Å². The number of nitrogens with zero attached hydrogens (tertiary/aromatic N) is 1. The summed E-state index contributed by atoms with van der Waals surface area (Å²) in [6.07, 6.45) is -0.174. The van der Waals surface area contributed by atoms with Gasteiger partial charge in [0.15, 0.2) is 11.5 Å². The van der Waals surface area contributed by atoms with Crippen LogP contribution in [0.3, 0.4) is 0 Å². The number of esters is 1. The first-order chi connectivity index (χ1) is 9.63. The second-order valence-corrected chi connectivity index (χ2v) is 5.76. The van der Waals surface area contributed by atoms with Gasteiger partial charge in [-0.1, -0.05) is 23.4 Å². The molecule has 3 aromatic rings. The van der Waals surface area contributed by atoms with Gasteiger partial charge in [-0.3, -0.25) is 0 Å². The highest BCUT2D eigenvalue weighted by atomic mass is 32.1. The smallest absolute Gasteiger partial charge is 0.360 e. The van der Waals surface area contributed by atoms with E-state index in [0.29, 0.717) is 5.76 Å². The number of ether oxygens (including phenoxy) is 1. The number of benzene rings is 1. The molecule has 0 radical (unpaired) electrons. The molecule has 0 saturated carbocycles. The molecule has 0 amide bonds. The average molecular weight is 287 g/mol. The van der Waals surface area contributed by atoms with E-state index in [0.717, 1.165) is 10.3 Å². The van der Waals surface area contributed by atoms with Gasteiger partial charge >= 0.3 is 5.97 Å². The summed E-state index contributed by atoms with van der Waals surface area (Å²) in [4.78, 5) is 12.7. The number of rotatable bonds is 3. The normalized spacial score (nSPS) is 11.2. The van der Waals surface area contributed by atoms with Crippen molar-refractivity contribution in [1.82, 2.24) is 5.16 Å². The molecular formula is C15H13NO3S. The maximum atomic E-state index is 11.7. The van der Waals surface area contributed by atoms with Gasteiger partial charge < -0.3 is 9.26 Å². The number of carbonyl (C=O) groups is 1. The van der Waals surface area contributed by atoms with Crippen molar-refractivity contribution in [3.63, 3.8) is 0 Å². The Balaban J connectivity index is 1.91. The van der Waals surface area contributed by atoms with E-state index in [1.807, 2.05) is 30.3 Å². The average Bonchev–Trinajstić information content (AvgIpc) is 3.04. The molecule has 1 aromatic carbocycles. The molecule has 0 aliphatic heterocycles. The molecule has 0 saturated heterocycles. The highest BCUT2D eigenvalue weighted by molar-refractivity contribution is 7.22. The van der Waals surface area contributed by atoms with Crippen molar-refractivity contribution in [2.45, 2.75) is 20.0 Å². The summed E-state index contributed by atoms with van der Waals surface area (Å²) in [6, 6.07) is 11.7. The van der Waals surface area contributed by atoms with Crippen LogP contribution in [-0.4, -0.2) is 17.2 Å². The van der Waals surface area contributed by atoms with E-state index in [4.69, 9.17) is 9.26 Å². The molecule has 102 valence electrons. The molecule has 0 N–H and O–H groups in total. The van der Waals surface area contributed by atoms with E-state index in [1.54, 1.807) is 31.3 Å². The fourth-order valence-corrected chi connectivity index (χ4v) is 2.88. The second kappa shape index (κ2) is 5.09. The summed E-state index contributed by atoms with van der Waals surface area (Å²) in [5.74, 6) is 0.123. The zero-order valence-corrected chi connectivity index (χ0v) is 11.9. The molecule has 5 heteroatoms. The zero-order valence-electron chi connectivity index (χ0n) is 11.1. The number of hydrogen-bond donors (Lipinski definition) is 0. The number of aromatic nitrogens is 1. The number of thiophene rings is 1. The standard InChI is InChI=1S/C15H13NO3S/c1-9(2)18-15(17)11-8-12(19-16-11)14-7-10-5-3-4-6-13(10)20-14/h3-9H,1-2H3. The summed E-state index contributed by atoms with van der Waals surface area (Å²) < 4.78 is 11.5. The highest BCUT2D eigenvalue weighted by Crippen LogP contribution is 2.33. The Labute approximate surface area is 120 Å². The molecule has 0 bridgehead atoms. The molecule has 0 atom stereocenters. The molecule has 0 aliphatic carbocycles. The van der Waals surface area contributed by atoms with Gasteiger partial charge in [-0.05, 0) is 31.4 Å². The maximum Gasteiger partial charge on any atom is 0.360 e. The predicted molar refractivity (Wildman–Crippen MR) is 77.9 cm³/mol. The SMILES string of the molecule is CC(C)OC(=O)c1cc(-c2cc3ccccc3s2)on1. The topological polar surface area (TPSA) is 52.3 Å². The first-order valence-electron chi connectivity index (χ1n) is 6.30. The molecule has 3 rings (SSSR count). The van der Waals surface area contributed by atoms with Crippen LogP contribution in [0.5, 0.6) is 0 Å². The van der Waals surface area contributed by atoms with Crippen LogP contribution in [-0.2, 0) is 4.74 Å². The fraction of sp³-hybridized carbons (Fsp3) is 0.200. The summed E-state index contributed by atoms with van der Waals surface area (Å²) >= 11 is 1.60. The Morgan fingerprint density at radius 2 is 2.10 bits per heavy atom. The van der Waals surface area contributed by atoms with Crippen LogP contribution in [0, 0.1) is 0 Å². The third-order valence-electron chi connectivity index (χ3n) is 2.73. The van der Waals surface area contributed by atoms with Gasteiger partial charge in [0.1, 0.15) is 0 Å². The lowest BCUT2D eigenvalue weighted by Crippen LogP contribution is -2.11. The molecular weight excluding hydrogens is 274 g/mol. The minimum atomic E-state index is -0.462. The van der Waals surface area contributed by atoms with Gasteiger partial charge in [-0.15, -0.1) is 11.3 Å². The van der Waals surface area contributed by atoms with Crippen molar-refractivity contribution >= 4 is 27.4 Å². The molecule has 20 heavy (non-hydrogen) atoms. The number of hydrogen-bond acceptors (Lipinski definition) is 5. The first-order valence-corrected chi connectivity index (χ1v) is 7.12. The summed E-state index contributed by atoms with van der Waals surface area (Å²) in [5.41, 5.74) is 0.200. The molecule has 2 aromatic heterocycles. The third kappa shape index (κ3) is 2.44. The van der Waals surface area contributed by atoms with Crippen LogP contribution in [0.25, 0.3) is 20.7 Å². The molecule has 2 heterocycles. The van der Waals surface area contributed by atoms with Crippen molar-refractivity contribution in [3.05, 3.63) is 42.1 Å². The lowest BCUT2D eigenvalue weighted by Gasteiger charge is -2.04. The van der Waals surface area contributed by atoms with Crippen molar-refractivity contribution in [2.24, 2.45) is 0 Å². The number of fused-ring (bicyclic) bond motifs is 1. The molecule has 4 nitrogen and oxygen atoms in total. The van der Waals surface area contributed by atoms with Gasteiger partial charge in [-0.25, -0.2) is 4.79 Å². The van der Waals surface area contributed by atoms with E-state index in [-0.39, 0.29) is 11.8 Å². The van der Waals surface area contributed by atoms with Crippen molar-refractivity contribution < 1.29 is 14.1 Å². The highest BCUT2D eigenvalue weighted by Gasteiger charge is 2.17. The summed E-state index contributed by atoms with van der Waals surface area (Å²) in [7, 11) is 0. The van der Waals surface area contributed by atoms with Crippen LogP contribution in [0.1, 0.15) is 24.3 Å². The molecule has 0 fully saturated rings. The van der Waals surface area contributed by atoms with E-state index < -0.39 is 5.97 Å². The van der Waals surface area contributed by atoms with Gasteiger partial charge in [-0.2, -0.15) is 0 Å². The van der Waals surface area contributed by atoms with Gasteiger partial charge in [0, 0.05) is 10.8 Å². The van der Waals surface area contributed by atoms with E-state index >= 15 is 0 Å². The Morgan fingerprint density at radius 1 is 1.30 bits per heavy atom. The quantitative estimate of drug-likeness (QED) is 0.680. The van der Waals surface area contributed by atoms with Crippen LogP contribution in [0.4, 0.5) is 0 Å². The monoisotopic (exact) mass is 287 g/mol. The first kappa shape index (κ1) is 12.9. The summed E-state index contributed by atoms with van der Waals surface area (Å²) in [6.45, 7) is 3.59. The van der Waals surface area contributed by atoms with Crippen LogP contribution in [0.15, 0.2) is 40.9 Å². The van der Waals surface area contributed by atoms with Crippen molar-refractivity contribution in [1.29, 1.82) is 0 Å². The molecule has 0 unspecified atom stereocenters. The third-order valence-corrected chi connectivity index (χ3v) is 3.86. The lowest BCUT2D eigenvalue weighted by molar-refractivity contribution is 0.0366. The predicted octanol–water partition coefficient (Wildman–Crippen LogP) is 4.12. The van der Waals surface area contributed by atoms with Crippen molar-refractivity contribution in [3.8, 4) is 10.6 Å². The summed E-state index contributed by atoms with van der Waals surface area (Å²) in [5, 5.41) is 4.92. The van der Waals surface area contributed by atoms with Crippen molar-refractivity contribution in [2.75, 3.05) is 0 Å². The largest absolute Gasteiger partial charge is 0.458 e. The van der Waals surface area contributed by atoms with Gasteiger partial charge in [0.2, 0.25) is 0 Å². The molecule has 0 aliphatic rings. The van der Waals surface area contributed by atoms with Crippen LogP contribution in [0.2, 0.25) is 0 Å². The second-order valence-electron chi connectivity index (χ2n) is 4.68. The lowest BCUT2D eigenvalue weighted by atomic mass is 10.2. The zero-order chi connectivity index (χ0) is 14.1. The van der Waals surface area contributed by atoms with E-state index in [2.05, 4.69) is 5.16 Å². The fourth-order valence-electron chi connectivity index (χ4n) is 1.87. The van der Waals surface area contributed by atoms with E-state index in [1.165, 1.54) is 4.70 Å². The Hall–Kier alpha value is -2.14. The van der Waals surface area contributed by atoms with Gasteiger partial charge in [0.25, 0.3) is 0 Å². The number of carbonyl (C=O) groups excluding carboxylic acids is 1. The minimum absolute atomic E-state index is 0.174. The van der Waals surface area contributed by atoms with Gasteiger partial charge in [0.05, 0.1) is 11.0 Å². The maximum absolute atomic E-state index is 11.7. The Bertz CT molecular complexity index is 724. The Kier molecular flexibility index (Phi) is 3.28. The minimum Gasteiger partial charge on any atom is -0.458 e. The Morgan fingerprint density at radius 3 is 2.85 bits per heavy atom. The van der Waals surface area contributed by atoms with Crippen LogP contribution < -0.4 is 0 Å². The van der Waals surface area contributed by atoms with E-state index in [9.17, 15) is 4.79 Å².